The van der Waals surface area contributed by atoms with Gasteiger partial charge in [0, 0.05) is 38.2 Å². The first kappa shape index (κ1) is 13.0. The van der Waals surface area contributed by atoms with E-state index in [9.17, 15) is 0 Å². The van der Waals surface area contributed by atoms with E-state index >= 15 is 0 Å². The van der Waals surface area contributed by atoms with E-state index in [0.29, 0.717) is 6.61 Å². The lowest BCUT2D eigenvalue weighted by atomic mass is 10.2. The molecule has 100 valence electrons. The third-order valence-corrected chi connectivity index (χ3v) is 2.64. The van der Waals surface area contributed by atoms with Gasteiger partial charge in [0.05, 0.1) is 6.61 Å². The molecule has 0 amide bonds. The largest absolute Gasteiger partial charge is 0.449 e. The molecule has 0 fully saturated rings. The third-order valence-electron chi connectivity index (χ3n) is 2.64. The lowest BCUT2D eigenvalue weighted by Crippen LogP contribution is -2.29. The van der Waals surface area contributed by atoms with E-state index in [-0.39, 0.29) is 6.04 Å². The van der Waals surface area contributed by atoms with Gasteiger partial charge in [0.1, 0.15) is 0 Å². The summed E-state index contributed by atoms with van der Waals surface area (Å²) < 4.78 is 16.7. The number of hydrogen-bond donors (Lipinski definition) is 1. The summed E-state index contributed by atoms with van der Waals surface area (Å²) in [4.78, 5) is 0. The first-order valence-corrected chi connectivity index (χ1v) is 6.36. The van der Waals surface area contributed by atoms with Gasteiger partial charge in [0.25, 0.3) is 0 Å². The SMILES string of the molecule is CCOCC(C)Nc1ccc2c(c1)OC(C)(C)O2. The van der Waals surface area contributed by atoms with Gasteiger partial charge in [-0.3, -0.25) is 0 Å². The Labute approximate surface area is 108 Å². The van der Waals surface area contributed by atoms with Crippen LogP contribution in [0.3, 0.4) is 0 Å². The summed E-state index contributed by atoms with van der Waals surface area (Å²) in [6.45, 7) is 9.31. The van der Waals surface area contributed by atoms with Crippen LogP contribution in [-0.4, -0.2) is 25.0 Å². The molecule has 0 saturated heterocycles. The van der Waals surface area contributed by atoms with Gasteiger partial charge < -0.3 is 19.5 Å². The zero-order valence-corrected chi connectivity index (χ0v) is 11.4. The van der Waals surface area contributed by atoms with Gasteiger partial charge in [-0.05, 0) is 26.0 Å². The molecule has 1 N–H and O–H groups in total. The molecule has 2 rings (SSSR count). The maximum Gasteiger partial charge on any atom is 0.246 e. The molecule has 1 aliphatic rings. The molecule has 1 heterocycles. The number of hydrogen-bond acceptors (Lipinski definition) is 4. The Kier molecular flexibility index (Phi) is 3.66. The van der Waals surface area contributed by atoms with Crippen LogP contribution in [0.5, 0.6) is 11.5 Å². The van der Waals surface area contributed by atoms with Crippen molar-refractivity contribution in [3.8, 4) is 11.5 Å². The summed E-state index contributed by atoms with van der Waals surface area (Å²) in [6.07, 6.45) is 0. The Balaban J connectivity index is 2.00. The quantitative estimate of drug-likeness (QED) is 0.873. The number of fused-ring (bicyclic) bond motifs is 1. The molecular weight excluding hydrogens is 230 g/mol. The molecule has 4 heteroatoms. The monoisotopic (exact) mass is 251 g/mol. The molecule has 0 aromatic heterocycles. The summed E-state index contributed by atoms with van der Waals surface area (Å²) in [5.74, 6) is 1.01. The normalized spacial score (nSPS) is 17.6. The van der Waals surface area contributed by atoms with Crippen LogP contribution in [0, 0.1) is 0 Å². The van der Waals surface area contributed by atoms with E-state index in [1.807, 2.05) is 39.0 Å². The first-order valence-electron chi connectivity index (χ1n) is 6.36. The zero-order chi connectivity index (χ0) is 13.2. The number of nitrogens with one attached hydrogen (secondary N) is 1. The molecule has 1 atom stereocenters. The Bertz CT molecular complexity index is 418. The number of rotatable bonds is 5. The third kappa shape index (κ3) is 3.07. The molecule has 1 aromatic carbocycles. The minimum Gasteiger partial charge on any atom is -0.449 e. The molecule has 1 unspecified atom stereocenters. The summed E-state index contributed by atoms with van der Waals surface area (Å²) in [7, 11) is 0. The smallest absolute Gasteiger partial charge is 0.246 e. The van der Waals surface area contributed by atoms with Crippen LogP contribution in [0.15, 0.2) is 18.2 Å². The van der Waals surface area contributed by atoms with Crippen molar-refractivity contribution < 1.29 is 14.2 Å². The van der Waals surface area contributed by atoms with Crippen molar-refractivity contribution in [2.75, 3.05) is 18.5 Å². The molecule has 0 saturated carbocycles. The predicted molar refractivity (Wildman–Crippen MR) is 71.4 cm³/mol. The predicted octanol–water partition coefficient (Wildman–Crippen LogP) is 3.03. The van der Waals surface area contributed by atoms with Crippen molar-refractivity contribution >= 4 is 5.69 Å². The molecular formula is C14H21NO3. The highest BCUT2D eigenvalue weighted by Gasteiger charge is 2.31. The van der Waals surface area contributed by atoms with E-state index in [1.165, 1.54) is 0 Å². The van der Waals surface area contributed by atoms with Crippen molar-refractivity contribution in [3.05, 3.63) is 18.2 Å². The maximum atomic E-state index is 5.70. The minimum atomic E-state index is -0.572. The number of ether oxygens (including phenoxy) is 3. The topological polar surface area (TPSA) is 39.7 Å². The average molecular weight is 251 g/mol. The molecule has 18 heavy (non-hydrogen) atoms. The van der Waals surface area contributed by atoms with Crippen molar-refractivity contribution in [1.82, 2.24) is 0 Å². The second-order valence-corrected chi connectivity index (χ2v) is 4.97. The van der Waals surface area contributed by atoms with Crippen molar-refractivity contribution in [3.63, 3.8) is 0 Å². The van der Waals surface area contributed by atoms with Gasteiger partial charge in [-0.1, -0.05) is 0 Å². The Morgan fingerprint density at radius 3 is 2.72 bits per heavy atom. The number of benzene rings is 1. The van der Waals surface area contributed by atoms with Crippen LogP contribution in [0.25, 0.3) is 0 Å². The van der Waals surface area contributed by atoms with Crippen LogP contribution >= 0.6 is 0 Å². The fourth-order valence-corrected chi connectivity index (χ4v) is 1.93. The van der Waals surface area contributed by atoms with E-state index in [1.54, 1.807) is 0 Å². The standard InChI is InChI=1S/C14H21NO3/c1-5-16-9-10(2)15-11-6-7-12-13(8-11)18-14(3,4)17-12/h6-8,10,15H,5,9H2,1-4H3. The highest BCUT2D eigenvalue weighted by Crippen LogP contribution is 2.40. The molecule has 4 nitrogen and oxygen atoms in total. The fourth-order valence-electron chi connectivity index (χ4n) is 1.93. The fraction of sp³-hybridized carbons (Fsp3) is 0.571. The van der Waals surface area contributed by atoms with Crippen LogP contribution in [-0.2, 0) is 4.74 Å². The molecule has 0 radical (unpaired) electrons. The van der Waals surface area contributed by atoms with Crippen LogP contribution in [0.4, 0.5) is 5.69 Å². The van der Waals surface area contributed by atoms with Gasteiger partial charge in [-0.2, -0.15) is 0 Å². The Hall–Kier alpha value is -1.42. The van der Waals surface area contributed by atoms with Crippen LogP contribution < -0.4 is 14.8 Å². The molecule has 0 bridgehead atoms. The summed E-state index contributed by atoms with van der Waals surface area (Å²) >= 11 is 0. The zero-order valence-electron chi connectivity index (χ0n) is 11.4. The molecule has 1 aliphatic heterocycles. The summed E-state index contributed by atoms with van der Waals surface area (Å²) in [5, 5.41) is 3.37. The summed E-state index contributed by atoms with van der Waals surface area (Å²) in [5.41, 5.74) is 1.02. The average Bonchev–Trinajstić information content (AvgIpc) is 2.59. The molecule has 0 aliphatic carbocycles. The van der Waals surface area contributed by atoms with Crippen molar-refractivity contribution in [1.29, 1.82) is 0 Å². The Morgan fingerprint density at radius 1 is 1.28 bits per heavy atom. The van der Waals surface area contributed by atoms with E-state index < -0.39 is 5.79 Å². The van der Waals surface area contributed by atoms with Gasteiger partial charge in [0.2, 0.25) is 5.79 Å². The number of anilines is 1. The second kappa shape index (κ2) is 5.06. The van der Waals surface area contributed by atoms with E-state index in [4.69, 9.17) is 14.2 Å². The van der Waals surface area contributed by atoms with E-state index in [2.05, 4.69) is 12.2 Å². The minimum absolute atomic E-state index is 0.262. The van der Waals surface area contributed by atoms with Gasteiger partial charge >= 0.3 is 0 Å². The Morgan fingerprint density at radius 2 is 2.00 bits per heavy atom. The molecule has 0 spiro atoms. The second-order valence-electron chi connectivity index (χ2n) is 4.97. The summed E-state index contributed by atoms with van der Waals surface area (Å²) in [6, 6.07) is 6.15. The van der Waals surface area contributed by atoms with Gasteiger partial charge in [-0.15, -0.1) is 0 Å². The lowest BCUT2D eigenvalue weighted by Gasteiger charge is -2.16. The highest BCUT2D eigenvalue weighted by atomic mass is 16.7. The van der Waals surface area contributed by atoms with Crippen molar-refractivity contribution in [2.24, 2.45) is 0 Å². The van der Waals surface area contributed by atoms with Crippen LogP contribution in [0.2, 0.25) is 0 Å². The van der Waals surface area contributed by atoms with Gasteiger partial charge in [0.15, 0.2) is 11.5 Å². The van der Waals surface area contributed by atoms with E-state index in [0.717, 1.165) is 23.8 Å². The van der Waals surface area contributed by atoms with Crippen molar-refractivity contribution in [2.45, 2.75) is 39.5 Å². The van der Waals surface area contributed by atoms with Gasteiger partial charge in [-0.25, -0.2) is 0 Å². The van der Waals surface area contributed by atoms with Crippen LogP contribution in [0.1, 0.15) is 27.7 Å². The molecule has 1 aromatic rings. The highest BCUT2D eigenvalue weighted by molar-refractivity contribution is 5.56. The maximum absolute atomic E-state index is 5.70. The first-order chi connectivity index (χ1) is 8.50. The lowest BCUT2D eigenvalue weighted by molar-refractivity contribution is -0.0431.